The molecule has 0 fully saturated rings. The van der Waals surface area contributed by atoms with Gasteiger partial charge in [-0.05, 0) is 101 Å². The summed E-state index contributed by atoms with van der Waals surface area (Å²) in [6, 6.07) is 27.8. The number of benzene rings is 3. The second-order valence-corrected chi connectivity index (χ2v) is 12.8. The summed E-state index contributed by atoms with van der Waals surface area (Å²) < 4.78 is 0.741. The fourth-order valence-corrected chi connectivity index (χ4v) is 7.24. The second-order valence-electron chi connectivity index (χ2n) is 9.00. The third-order valence-electron chi connectivity index (χ3n) is 6.52. The summed E-state index contributed by atoms with van der Waals surface area (Å²) in [5.74, 6) is 0. The highest BCUT2D eigenvalue weighted by molar-refractivity contribution is 7.19. The van der Waals surface area contributed by atoms with Gasteiger partial charge in [0.15, 0.2) is 0 Å². The third kappa shape index (κ3) is 4.50. The Kier molecular flexibility index (Phi) is 6.50. The molecule has 187 valence electrons. The summed E-state index contributed by atoms with van der Waals surface area (Å²) in [7, 11) is 0. The van der Waals surface area contributed by atoms with Crippen LogP contribution in [0.5, 0.6) is 0 Å². The molecule has 3 heterocycles. The molecule has 3 aromatic carbocycles. The van der Waals surface area contributed by atoms with E-state index in [1.807, 2.05) is 36.4 Å². The monoisotopic (exact) mass is 568 g/mol. The van der Waals surface area contributed by atoms with Gasteiger partial charge < -0.3 is 17.2 Å². The molecule has 0 amide bonds. The number of hydrogen-bond acceptors (Lipinski definition) is 6. The first-order valence-electron chi connectivity index (χ1n) is 11.9. The van der Waals surface area contributed by atoms with E-state index in [-0.39, 0.29) is 0 Å². The highest BCUT2D eigenvalue weighted by atomic mass is 35.5. The molecule has 0 bridgehead atoms. The van der Waals surface area contributed by atoms with Crippen LogP contribution in [0.15, 0.2) is 83.6 Å². The average molecular weight is 569 g/mol. The Morgan fingerprint density at radius 3 is 1.92 bits per heavy atom. The minimum Gasteiger partial charge on any atom is -0.398 e. The molecule has 0 unspecified atom stereocenters. The lowest BCUT2D eigenvalue weighted by atomic mass is 9.85. The number of rotatable bonds is 5. The van der Waals surface area contributed by atoms with Crippen molar-refractivity contribution in [1.29, 1.82) is 0 Å². The van der Waals surface area contributed by atoms with Crippen molar-refractivity contribution in [2.75, 3.05) is 17.2 Å². The number of aryl methyl sites for hydroxylation is 1. The molecule has 6 aromatic rings. The van der Waals surface area contributed by atoms with E-state index in [0.29, 0.717) is 17.1 Å². The fraction of sp³-hybridized carbons (Fsp3) is 0.0323. The molecule has 1 radical (unpaired) electrons. The van der Waals surface area contributed by atoms with E-state index < -0.39 is 0 Å². The number of nitrogen functional groups attached to an aromatic ring is 3. The van der Waals surface area contributed by atoms with Crippen LogP contribution in [-0.4, -0.2) is 0 Å². The van der Waals surface area contributed by atoms with Gasteiger partial charge in [0.1, 0.15) is 0 Å². The molecule has 0 spiro atoms. The molecule has 0 aliphatic heterocycles. The zero-order valence-electron chi connectivity index (χ0n) is 20.4. The van der Waals surface area contributed by atoms with Crippen LogP contribution in [0.2, 0.25) is 4.34 Å². The van der Waals surface area contributed by atoms with Gasteiger partial charge in [-0.15, -0.1) is 22.7 Å². The lowest BCUT2D eigenvalue weighted by Crippen LogP contribution is -2.01. The number of thiophene rings is 3. The van der Waals surface area contributed by atoms with Crippen LogP contribution in [0, 0.1) is 13.0 Å². The molecule has 0 aliphatic carbocycles. The maximum Gasteiger partial charge on any atom is 0.0934 e. The number of hydrogen-bond donors (Lipinski definition) is 3. The summed E-state index contributed by atoms with van der Waals surface area (Å²) in [5, 5.41) is 4.19. The molecule has 6 N–H and O–H groups in total. The number of anilines is 3. The van der Waals surface area contributed by atoms with Crippen molar-refractivity contribution in [2.24, 2.45) is 0 Å². The molecule has 7 heteroatoms. The van der Waals surface area contributed by atoms with Crippen LogP contribution in [0.25, 0.3) is 54.3 Å². The maximum atomic E-state index is 6.72. The smallest absolute Gasteiger partial charge is 0.0934 e. The standard InChI is InChI=1S/C31H23ClN3S3/c1-17-2-9-27(37-17)18-3-7-25(34)23(15-18)31-26(35)8-5-21(20-12-13-36-16-20)30(31)22-14-19(4-6-24(22)33)28-10-11-29(32)38-28/h2-7,9-16H,33-35H2,1H3. The minimum absolute atomic E-state index is 0.522. The highest BCUT2D eigenvalue weighted by Crippen LogP contribution is 2.48. The highest BCUT2D eigenvalue weighted by Gasteiger charge is 2.22. The lowest BCUT2D eigenvalue weighted by Gasteiger charge is -2.21. The van der Waals surface area contributed by atoms with Crippen molar-refractivity contribution >= 4 is 62.7 Å². The van der Waals surface area contributed by atoms with E-state index in [1.54, 1.807) is 22.7 Å². The molecular weight excluding hydrogens is 546 g/mol. The number of halogens is 1. The second kappa shape index (κ2) is 9.97. The van der Waals surface area contributed by atoms with Crippen molar-refractivity contribution in [2.45, 2.75) is 6.92 Å². The molecule has 0 saturated carbocycles. The molecular formula is C31H23ClN3S3. The SMILES string of the molecule is Cc1ccc(-c2ccc(N)c(-c3c(N)[c]cc(-c4ccsc4)c3-c3cc(-c4ccc(Cl)s4)ccc3N)c2)s1. The van der Waals surface area contributed by atoms with Crippen LogP contribution in [0.1, 0.15) is 4.88 Å². The van der Waals surface area contributed by atoms with Crippen molar-refractivity contribution in [3.05, 3.63) is 98.8 Å². The Hall–Kier alpha value is -3.55. The van der Waals surface area contributed by atoms with Gasteiger partial charge in [0.2, 0.25) is 0 Å². The first-order valence-corrected chi connectivity index (χ1v) is 14.8. The maximum absolute atomic E-state index is 6.72. The topological polar surface area (TPSA) is 78.1 Å². The molecule has 0 atom stereocenters. The van der Waals surface area contributed by atoms with Crippen LogP contribution < -0.4 is 17.2 Å². The summed E-state index contributed by atoms with van der Waals surface area (Å²) in [6.45, 7) is 2.11. The van der Waals surface area contributed by atoms with Gasteiger partial charge in [-0.1, -0.05) is 23.7 Å². The largest absolute Gasteiger partial charge is 0.398 e. The summed E-state index contributed by atoms with van der Waals surface area (Å²) in [4.78, 5) is 3.50. The average Bonchev–Trinajstić information content (AvgIpc) is 3.68. The van der Waals surface area contributed by atoms with Gasteiger partial charge in [-0.3, -0.25) is 0 Å². The van der Waals surface area contributed by atoms with Crippen LogP contribution in [0.4, 0.5) is 17.1 Å². The van der Waals surface area contributed by atoms with E-state index in [9.17, 15) is 0 Å². The molecule has 6 rings (SSSR count). The van der Waals surface area contributed by atoms with Gasteiger partial charge in [0.25, 0.3) is 0 Å². The van der Waals surface area contributed by atoms with Gasteiger partial charge in [0.05, 0.1) is 4.34 Å². The Balaban J connectivity index is 1.66. The lowest BCUT2D eigenvalue weighted by molar-refractivity contribution is 1.55. The first kappa shape index (κ1) is 24.8. The summed E-state index contributed by atoms with van der Waals surface area (Å²) in [5.41, 5.74) is 29.6. The van der Waals surface area contributed by atoms with Crippen LogP contribution >= 0.6 is 45.6 Å². The predicted octanol–water partition coefficient (Wildman–Crippen LogP) is 9.71. The first-order chi connectivity index (χ1) is 18.4. The molecule has 3 nitrogen and oxygen atoms in total. The van der Waals surface area contributed by atoms with Crippen LogP contribution in [-0.2, 0) is 0 Å². The predicted molar refractivity (Wildman–Crippen MR) is 169 cm³/mol. The summed E-state index contributed by atoms with van der Waals surface area (Å²) >= 11 is 11.2. The zero-order valence-corrected chi connectivity index (χ0v) is 23.6. The van der Waals surface area contributed by atoms with E-state index in [1.165, 1.54) is 21.1 Å². The van der Waals surface area contributed by atoms with Crippen LogP contribution in [0.3, 0.4) is 0 Å². The van der Waals surface area contributed by atoms with Gasteiger partial charge in [0, 0.05) is 60.0 Å². The quantitative estimate of drug-likeness (QED) is 0.181. The Bertz CT molecular complexity index is 1780. The van der Waals surface area contributed by atoms with E-state index >= 15 is 0 Å². The zero-order chi connectivity index (χ0) is 26.4. The molecule has 38 heavy (non-hydrogen) atoms. The Morgan fingerprint density at radius 2 is 1.34 bits per heavy atom. The normalized spacial score (nSPS) is 11.2. The van der Waals surface area contributed by atoms with Gasteiger partial charge >= 0.3 is 0 Å². The van der Waals surface area contributed by atoms with Gasteiger partial charge in [-0.2, -0.15) is 11.3 Å². The van der Waals surface area contributed by atoms with E-state index in [0.717, 1.165) is 53.7 Å². The van der Waals surface area contributed by atoms with Crippen molar-refractivity contribution in [3.63, 3.8) is 0 Å². The molecule has 0 aliphatic rings. The Morgan fingerprint density at radius 1 is 0.684 bits per heavy atom. The Labute approximate surface area is 238 Å². The molecule has 3 aromatic heterocycles. The van der Waals surface area contributed by atoms with Gasteiger partial charge in [-0.25, -0.2) is 0 Å². The minimum atomic E-state index is 0.522. The fourth-order valence-electron chi connectivity index (χ4n) is 4.68. The van der Waals surface area contributed by atoms with E-state index in [4.69, 9.17) is 28.8 Å². The third-order valence-corrected chi connectivity index (χ3v) is 9.53. The van der Waals surface area contributed by atoms with Crippen molar-refractivity contribution in [1.82, 2.24) is 0 Å². The molecule has 0 saturated heterocycles. The number of nitrogens with two attached hydrogens (primary N) is 3. The van der Waals surface area contributed by atoms with E-state index in [2.05, 4.69) is 60.1 Å². The summed E-state index contributed by atoms with van der Waals surface area (Å²) in [6.07, 6.45) is 0. The van der Waals surface area contributed by atoms with Crippen molar-refractivity contribution in [3.8, 4) is 54.3 Å². The van der Waals surface area contributed by atoms with Crippen molar-refractivity contribution < 1.29 is 0 Å².